The van der Waals surface area contributed by atoms with Crippen LogP contribution in [0.3, 0.4) is 0 Å². The van der Waals surface area contributed by atoms with Gasteiger partial charge in [0, 0.05) is 33.7 Å². The molecule has 0 radical (unpaired) electrons. The van der Waals surface area contributed by atoms with Crippen molar-refractivity contribution < 1.29 is 18.0 Å². The zero-order valence-corrected chi connectivity index (χ0v) is 25.8. The zero-order valence-electron chi connectivity index (χ0n) is 21.9. The number of hydrogen-bond donors (Lipinski definition) is 1. The molecule has 3 rings (SSSR count). The highest BCUT2D eigenvalue weighted by atomic mass is 35.5. The molecular weight excluding hydrogens is 616 g/mol. The van der Waals surface area contributed by atoms with Crippen LogP contribution in [0.25, 0.3) is 0 Å². The Hall–Kier alpha value is -2.49. The van der Waals surface area contributed by atoms with Crippen molar-refractivity contribution in [1.29, 1.82) is 0 Å². The van der Waals surface area contributed by atoms with E-state index in [1.807, 2.05) is 6.92 Å². The lowest BCUT2D eigenvalue weighted by Gasteiger charge is -2.33. The molecule has 0 aliphatic heterocycles. The first kappa shape index (κ1) is 32.0. The number of halogens is 4. The summed E-state index contributed by atoms with van der Waals surface area (Å²) >= 11 is 25.5. The summed E-state index contributed by atoms with van der Waals surface area (Å²) in [6.07, 6.45) is 0.954. The van der Waals surface area contributed by atoms with E-state index in [0.29, 0.717) is 28.6 Å². The fraction of sp³-hybridized carbons (Fsp3) is 0.286. The molecule has 0 aromatic heterocycles. The van der Waals surface area contributed by atoms with Gasteiger partial charge in [0.15, 0.2) is 0 Å². The quantitative estimate of drug-likeness (QED) is 0.234. The molecule has 0 unspecified atom stereocenters. The second-order valence-electron chi connectivity index (χ2n) is 8.86. The van der Waals surface area contributed by atoms with Crippen molar-refractivity contribution in [2.75, 3.05) is 17.4 Å². The molecule has 0 spiro atoms. The molecule has 3 aromatic rings. The SMILES string of the molecule is CCCNC(=O)[C@@H](CC)N(Cc1c(Cl)cccc1Cl)C(=O)CN(c1cc(Cl)ccc1Cl)S(=O)(=O)c1ccccc1. The standard InChI is InChI=1S/C28H29Cl4N3O4S/c1-3-15-33-28(37)25(4-2)34(17-21-22(30)11-8-12-23(21)31)27(36)18-35(26-16-19(29)13-14-24(26)32)40(38,39)20-9-6-5-7-10-20/h5-14,16,25H,3-4,15,17-18H2,1-2H3,(H,33,37)/t25-/m1/s1. The predicted molar refractivity (Wildman–Crippen MR) is 162 cm³/mol. The molecule has 1 N–H and O–H groups in total. The van der Waals surface area contributed by atoms with Gasteiger partial charge in [0.05, 0.1) is 15.6 Å². The van der Waals surface area contributed by atoms with Gasteiger partial charge in [-0.05, 0) is 55.3 Å². The Balaban J connectivity index is 2.12. The number of nitrogens with zero attached hydrogens (tertiary/aromatic N) is 2. The first-order valence-electron chi connectivity index (χ1n) is 12.5. The summed E-state index contributed by atoms with van der Waals surface area (Å²) in [7, 11) is -4.29. The summed E-state index contributed by atoms with van der Waals surface area (Å²) in [5, 5.41) is 3.74. The van der Waals surface area contributed by atoms with Crippen LogP contribution in [0.2, 0.25) is 20.1 Å². The van der Waals surface area contributed by atoms with Crippen molar-refractivity contribution in [2.24, 2.45) is 0 Å². The highest BCUT2D eigenvalue weighted by Gasteiger charge is 2.35. The summed E-state index contributed by atoms with van der Waals surface area (Å²) < 4.78 is 28.6. The Labute approximate surface area is 255 Å². The lowest BCUT2D eigenvalue weighted by molar-refractivity contribution is -0.140. The number of anilines is 1. The molecule has 7 nitrogen and oxygen atoms in total. The van der Waals surface area contributed by atoms with E-state index in [4.69, 9.17) is 46.4 Å². The Kier molecular flexibility index (Phi) is 11.5. The Morgan fingerprint density at radius 1 is 0.875 bits per heavy atom. The number of nitrogens with one attached hydrogen (secondary N) is 1. The van der Waals surface area contributed by atoms with E-state index in [1.54, 1.807) is 43.3 Å². The van der Waals surface area contributed by atoms with Gasteiger partial charge >= 0.3 is 0 Å². The Bertz CT molecular complexity index is 1430. The van der Waals surface area contributed by atoms with Crippen LogP contribution in [0, 0.1) is 0 Å². The van der Waals surface area contributed by atoms with Crippen LogP contribution in [-0.4, -0.2) is 44.3 Å². The van der Waals surface area contributed by atoms with Gasteiger partial charge < -0.3 is 10.2 Å². The molecule has 0 saturated heterocycles. The molecule has 0 aliphatic rings. The number of rotatable bonds is 12. The fourth-order valence-electron chi connectivity index (χ4n) is 4.05. The second-order valence-corrected chi connectivity index (χ2v) is 12.4. The molecule has 12 heteroatoms. The molecule has 0 fully saturated rings. The van der Waals surface area contributed by atoms with Crippen molar-refractivity contribution >= 4 is 73.9 Å². The number of carbonyl (C=O) groups excluding carboxylic acids is 2. The van der Waals surface area contributed by atoms with Crippen molar-refractivity contribution in [3.8, 4) is 0 Å². The minimum Gasteiger partial charge on any atom is -0.354 e. The summed E-state index contributed by atoms with van der Waals surface area (Å²) in [5.41, 5.74) is 0.449. The van der Waals surface area contributed by atoms with Crippen molar-refractivity contribution in [1.82, 2.24) is 10.2 Å². The summed E-state index contributed by atoms with van der Waals surface area (Å²) in [4.78, 5) is 28.5. The van der Waals surface area contributed by atoms with Crippen molar-refractivity contribution in [2.45, 2.75) is 44.2 Å². The fourth-order valence-corrected chi connectivity index (χ4v) is 6.45. The van der Waals surface area contributed by atoms with Crippen LogP contribution in [0.4, 0.5) is 5.69 Å². The summed E-state index contributed by atoms with van der Waals surface area (Å²) in [6.45, 7) is 3.29. The largest absolute Gasteiger partial charge is 0.354 e. The molecule has 0 heterocycles. The maximum Gasteiger partial charge on any atom is 0.264 e. The highest BCUT2D eigenvalue weighted by Crippen LogP contribution is 2.34. The van der Waals surface area contributed by atoms with E-state index in [0.717, 1.165) is 4.31 Å². The van der Waals surface area contributed by atoms with E-state index in [2.05, 4.69) is 5.32 Å². The minimum atomic E-state index is -4.29. The molecule has 40 heavy (non-hydrogen) atoms. The lowest BCUT2D eigenvalue weighted by atomic mass is 10.1. The van der Waals surface area contributed by atoms with Gasteiger partial charge in [-0.25, -0.2) is 8.42 Å². The molecule has 2 amide bonds. The van der Waals surface area contributed by atoms with Gasteiger partial charge in [0.2, 0.25) is 11.8 Å². The average Bonchev–Trinajstić information content (AvgIpc) is 2.93. The normalized spacial score (nSPS) is 12.1. The third-order valence-corrected chi connectivity index (χ3v) is 9.15. The third kappa shape index (κ3) is 7.62. The number of benzene rings is 3. The van der Waals surface area contributed by atoms with E-state index < -0.39 is 28.5 Å². The molecule has 0 saturated carbocycles. The third-order valence-electron chi connectivity index (χ3n) is 6.11. The van der Waals surface area contributed by atoms with Gasteiger partial charge in [-0.2, -0.15) is 0 Å². The smallest absolute Gasteiger partial charge is 0.264 e. The maximum atomic E-state index is 14.1. The molecule has 214 valence electrons. The van der Waals surface area contributed by atoms with E-state index >= 15 is 0 Å². The van der Waals surface area contributed by atoms with Crippen LogP contribution in [0.15, 0.2) is 71.6 Å². The van der Waals surface area contributed by atoms with E-state index in [9.17, 15) is 18.0 Å². The molecule has 3 aromatic carbocycles. The Morgan fingerprint density at radius 3 is 2.12 bits per heavy atom. The van der Waals surface area contributed by atoms with Crippen LogP contribution < -0.4 is 9.62 Å². The maximum absolute atomic E-state index is 14.1. The van der Waals surface area contributed by atoms with Crippen molar-refractivity contribution in [3.63, 3.8) is 0 Å². The molecule has 0 bridgehead atoms. The van der Waals surface area contributed by atoms with Crippen LogP contribution in [0.5, 0.6) is 0 Å². The molecule has 1 atom stereocenters. The zero-order chi connectivity index (χ0) is 29.4. The predicted octanol–water partition coefficient (Wildman–Crippen LogP) is 6.83. The van der Waals surface area contributed by atoms with Gasteiger partial charge in [0.1, 0.15) is 12.6 Å². The van der Waals surface area contributed by atoms with Gasteiger partial charge in [-0.15, -0.1) is 0 Å². The topological polar surface area (TPSA) is 86.8 Å². The Morgan fingerprint density at radius 2 is 1.52 bits per heavy atom. The van der Waals surface area contributed by atoms with E-state index in [-0.39, 0.29) is 39.5 Å². The number of sulfonamides is 1. The van der Waals surface area contributed by atoms with Crippen molar-refractivity contribution in [3.05, 3.63) is 92.4 Å². The second kappa shape index (κ2) is 14.4. The number of hydrogen-bond acceptors (Lipinski definition) is 4. The van der Waals surface area contributed by atoms with Gasteiger partial charge in [0.25, 0.3) is 10.0 Å². The van der Waals surface area contributed by atoms with E-state index in [1.165, 1.54) is 35.2 Å². The van der Waals surface area contributed by atoms with Crippen LogP contribution in [0.1, 0.15) is 32.3 Å². The number of carbonyl (C=O) groups is 2. The minimum absolute atomic E-state index is 0.0191. The molecule has 0 aliphatic carbocycles. The van der Waals surface area contributed by atoms with Crippen LogP contribution >= 0.6 is 46.4 Å². The summed E-state index contributed by atoms with van der Waals surface area (Å²) in [5.74, 6) is -1.04. The number of amides is 2. The molecular formula is C28H29Cl4N3O4S. The highest BCUT2D eigenvalue weighted by molar-refractivity contribution is 7.92. The average molecular weight is 645 g/mol. The summed E-state index contributed by atoms with van der Waals surface area (Å²) in [6, 6.07) is 16.0. The first-order valence-corrected chi connectivity index (χ1v) is 15.5. The van der Waals surface area contributed by atoms with Gasteiger partial charge in [-0.3, -0.25) is 13.9 Å². The lowest BCUT2D eigenvalue weighted by Crippen LogP contribution is -2.52. The van der Waals surface area contributed by atoms with Crippen LogP contribution in [-0.2, 0) is 26.2 Å². The monoisotopic (exact) mass is 643 g/mol. The first-order chi connectivity index (χ1) is 19.0. The van der Waals surface area contributed by atoms with Gasteiger partial charge in [-0.1, -0.05) is 84.5 Å².